The summed E-state index contributed by atoms with van der Waals surface area (Å²) in [5, 5.41) is 0. The SMILES string of the molecule is C=CCN(CC=C)S(=O)(=O)c1cc(S(C)(=O)=O)ccc1Br. The van der Waals surface area contributed by atoms with Crippen LogP contribution in [0.2, 0.25) is 0 Å². The normalized spacial score (nSPS) is 12.3. The van der Waals surface area contributed by atoms with Gasteiger partial charge in [-0.05, 0) is 34.1 Å². The van der Waals surface area contributed by atoms with E-state index in [1.54, 1.807) is 0 Å². The van der Waals surface area contributed by atoms with Crippen molar-refractivity contribution >= 4 is 35.8 Å². The van der Waals surface area contributed by atoms with E-state index in [-0.39, 0.29) is 22.9 Å². The van der Waals surface area contributed by atoms with Crippen molar-refractivity contribution in [2.75, 3.05) is 19.3 Å². The summed E-state index contributed by atoms with van der Waals surface area (Å²) in [6.45, 7) is 7.24. The molecule has 0 bridgehead atoms. The molecule has 0 heterocycles. The molecule has 1 aromatic rings. The van der Waals surface area contributed by atoms with E-state index >= 15 is 0 Å². The fourth-order valence-corrected chi connectivity index (χ4v) is 4.66. The molecule has 21 heavy (non-hydrogen) atoms. The van der Waals surface area contributed by atoms with E-state index in [4.69, 9.17) is 0 Å². The van der Waals surface area contributed by atoms with Crippen LogP contribution >= 0.6 is 15.9 Å². The summed E-state index contributed by atoms with van der Waals surface area (Å²) in [4.78, 5) is -0.157. The topological polar surface area (TPSA) is 71.5 Å². The molecule has 0 aliphatic carbocycles. The quantitative estimate of drug-likeness (QED) is 0.665. The first-order valence-electron chi connectivity index (χ1n) is 5.86. The molecule has 1 aromatic carbocycles. The molecular weight excluding hydrogens is 378 g/mol. The van der Waals surface area contributed by atoms with Gasteiger partial charge in [-0.2, -0.15) is 4.31 Å². The number of nitrogens with zero attached hydrogens (tertiary/aromatic N) is 1. The Hall–Kier alpha value is -0.960. The average Bonchev–Trinajstić information content (AvgIpc) is 2.37. The Kier molecular flexibility index (Phi) is 5.92. The summed E-state index contributed by atoms with van der Waals surface area (Å²) in [5.41, 5.74) is 0. The summed E-state index contributed by atoms with van der Waals surface area (Å²) < 4.78 is 49.9. The lowest BCUT2D eigenvalue weighted by Gasteiger charge is -2.20. The second kappa shape index (κ2) is 6.87. The van der Waals surface area contributed by atoms with E-state index in [1.165, 1.54) is 24.3 Å². The Morgan fingerprint density at radius 2 is 1.67 bits per heavy atom. The van der Waals surface area contributed by atoms with Crippen LogP contribution in [-0.2, 0) is 19.9 Å². The number of sulfone groups is 1. The second-order valence-corrected chi connectivity index (χ2v) is 9.04. The lowest BCUT2D eigenvalue weighted by atomic mass is 10.4. The molecule has 0 saturated heterocycles. The molecule has 0 atom stereocenters. The van der Waals surface area contributed by atoms with Crippen LogP contribution < -0.4 is 0 Å². The lowest BCUT2D eigenvalue weighted by Crippen LogP contribution is -2.31. The zero-order chi connectivity index (χ0) is 16.3. The van der Waals surface area contributed by atoms with Crippen molar-refractivity contribution < 1.29 is 16.8 Å². The Bertz CT molecular complexity index is 744. The van der Waals surface area contributed by atoms with Crippen molar-refractivity contribution in [3.05, 3.63) is 48.0 Å². The number of halogens is 1. The van der Waals surface area contributed by atoms with Crippen LogP contribution in [0.15, 0.2) is 57.8 Å². The number of hydrogen-bond donors (Lipinski definition) is 0. The van der Waals surface area contributed by atoms with Crippen molar-refractivity contribution in [2.45, 2.75) is 9.79 Å². The standard InChI is InChI=1S/C13H16BrNO4S2/c1-4-8-15(9-5-2)21(18,19)13-10-11(20(3,16)17)6-7-12(13)14/h4-7,10H,1-2,8-9H2,3H3. The van der Waals surface area contributed by atoms with Crippen molar-refractivity contribution in [1.29, 1.82) is 0 Å². The number of hydrogen-bond acceptors (Lipinski definition) is 4. The van der Waals surface area contributed by atoms with Crippen molar-refractivity contribution in [3.8, 4) is 0 Å². The summed E-state index contributed by atoms with van der Waals surface area (Å²) in [6.07, 6.45) is 3.93. The fourth-order valence-electron chi connectivity index (χ4n) is 1.61. The predicted molar refractivity (Wildman–Crippen MR) is 86.4 cm³/mol. The zero-order valence-corrected chi connectivity index (χ0v) is 14.7. The minimum absolute atomic E-state index is 0.0542. The smallest absolute Gasteiger partial charge is 0.224 e. The third-order valence-electron chi connectivity index (χ3n) is 2.61. The minimum atomic E-state index is -3.86. The third kappa shape index (κ3) is 4.26. The molecule has 0 spiro atoms. The highest BCUT2D eigenvalue weighted by atomic mass is 79.9. The number of benzene rings is 1. The predicted octanol–water partition coefficient (Wildman–Crippen LogP) is 2.22. The Balaban J connectivity index is 3.49. The molecule has 0 amide bonds. The van der Waals surface area contributed by atoms with Crippen LogP contribution in [-0.4, -0.2) is 40.5 Å². The monoisotopic (exact) mass is 393 g/mol. The van der Waals surface area contributed by atoms with Crippen LogP contribution in [0.3, 0.4) is 0 Å². The van der Waals surface area contributed by atoms with Crippen LogP contribution in [0, 0.1) is 0 Å². The molecule has 5 nitrogen and oxygen atoms in total. The molecule has 0 N–H and O–H groups in total. The molecule has 0 aromatic heterocycles. The van der Waals surface area contributed by atoms with Gasteiger partial charge in [0, 0.05) is 23.8 Å². The molecule has 116 valence electrons. The van der Waals surface area contributed by atoms with Gasteiger partial charge in [-0.25, -0.2) is 16.8 Å². The molecular formula is C13H16BrNO4S2. The molecule has 8 heteroatoms. The fraction of sp³-hybridized carbons (Fsp3) is 0.231. The number of rotatable bonds is 7. The average molecular weight is 394 g/mol. The largest absolute Gasteiger partial charge is 0.244 e. The van der Waals surface area contributed by atoms with Crippen LogP contribution in [0.4, 0.5) is 0 Å². The second-order valence-electron chi connectivity index (χ2n) is 4.26. The molecule has 0 fully saturated rings. The molecule has 0 radical (unpaired) electrons. The highest BCUT2D eigenvalue weighted by molar-refractivity contribution is 9.10. The van der Waals surface area contributed by atoms with E-state index in [9.17, 15) is 16.8 Å². The molecule has 0 aliphatic rings. The summed E-state index contributed by atoms with van der Waals surface area (Å²) in [5.74, 6) is 0. The van der Waals surface area contributed by atoms with E-state index in [0.717, 1.165) is 16.6 Å². The highest BCUT2D eigenvalue weighted by Gasteiger charge is 2.26. The van der Waals surface area contributed by atoms with Crippen molar-refractivity contribution in [1.82, 2.24) is 4.31 Å². The Morgan fingerprint density at radius 1 is 1.14 bits per heavy atom. The van der Waals surface area contributed by atoms with Crippen LogP contribution in [0.5, 0.6) is 0 Å². The van der Waals surface area contributed by atoms with Gasteiger partial charge in [-0.15, -0.1) is 13.2 Å². The molecule has 0 unspecified atom stereocenters. The first-order chi connectivity index (χ1) is 9.64. The van der Waals surface area contributed by atoms with Crippen molar-refractivity contribution in [3.63, 3.8) is 0 Å². The summed E-state index contributed by atoms with van der Waals surface area (Å²) >= 11 is 3.15. The van der Waals surface area contributed by atoms with Crippen molar-refractivity contribution in [2.24, 2.45) is 0 Å². The summed E-state index contributed by atoms with van der Waals surface area (Å²) in [6, 6.07) is 3.90. The molecule has 0 aliphatic heterocycles. The van der Waals surface area contributed by atoms with E-state index < -0.39 is 19.9 Å². The van der Waals surface area contributed by atoms with Gasteiger partial charge in [0.1, 0.15) is 0 Å². The maximum Gasteiger partial charge on any atom is 0.244 e. The third-order valence-corrected chi connectivity index (χ3v) is 6.55. The Morgan fingerprint density at radius 3 is 2.10 bits per heavy atom. The van der Waals surface area contributed by atoms with Gasteiger partial charge in [0.25, 0.3) is 0 Å². The molecule has 0 saturated carbocycles. The van der Waals surface area contributed by atoms with Gasteiger partial charge in [-0.3, -0.25) is 0 Å². The van der Waals surface area contributed by atoms with Gasteiger partial charge in [0.15, 0.2) is 9.84 Å². The first kappa shape index (κ1) is 18.1. The zero-order valence-electron chi connectivity index (χ0n) is 11.5. The van der Waals surface area contributed by atoms with Gasteiger partial charge in [-0.1, -0.05) is 12.2 Å². The maximum absolute atomic E-state index is 12.6. The highest BCUT2D eigenvalue weighted by Crippen LogP contribution is 2.28. The van der Waals surface area contributed by atoms with Crippen LogP contribution in [0.1, 0.15) is 0 Å². The van der Waals surface area contributed by atoms with E-state index in [0.29, 0.717) is 4.47 Å². The van der Waals surface area contributed by atoms with E-state index in [2.05, 4.69) is 29.1 Å². The molecule has 1 rings (SSSR count). The summed E-state index contributed by atoms with van der Waals surface area (Å²) in [7, 11) is -7.36. The van der Waals surface area contributed by atoms with Gasteiger partial charge in [0.2, 0.25) is 10.0 Å². The maximum atomic E-state index is 12.6. The minimum Gasteiger partial charge on any atom is -0.224 e. The first-order valence-corrected chi connectivity index (χ1v) is 9.98. The number of sulfonamides is 1. The van der Waals surface area contributed by atoms with Gasteiger partial charge in [0.05, 0.1) is 9.79 Å². The van der Waals surface area contributed by atoms with E-state index in [1.807, 2.05) is 0 Å². The van der Waals surface area contributed by atoms with Crippen LogP contribution in [0.25, 0.3) is 0 Å². The lowest BCUT2D eigenvalue weighted by molar-refractivity contribution is 0.473. The van der Waals surface area contributed by atoms with Gasteiger partial charge < -0.3 is 0 Å². The van der Waals surface area contributed by atoms with Gasteiger partial charge >= 0.3 is 0 Å². The Labute approximate surface area is 134 Å².